The largest absolute Gasteiger partial charge is 0.438 e. The highest BCUT2D eigenvalue weighted by molar-refractivity contribution is 5.89. The average Bonchev–Trinajstić information content (AvgIpc) is 3.41. The summed E-state index contributed by atoms with van der Waals surface area (Å²) in [4.78, 5) is 19.4. The maximum atomic E-state index is 12.8. The van der Waals surface area contributed by atoms with Gasteiger partial charge in [0.2, 0.25) is 5.89 Å². The summed E-state index contributed by atoms with van der Waals surface area (Å²) in [6.45, 7) is 2.80. The number of benzene rings is 3. The number of anilines is 1. The van der Waals surface area contributed by atoms with Gasteiger partial charge in [-0.3, -0.25) is 0 Å². The number of nitrogens with zero attached hydrogens (tertiary/aromatic N) is 2. The predicted octanol–water partition coefficient (Wildman–Crippen LogP) is 6.17. The van der Waals surface area contributed by atoms with Crippen LogP contribution in [0.1, 0.15) is 30.3 Å². The Morgan fingerprint density at radius 3 is 2.70 bits per heavy atom. The Labute approximate surface area is 175 Å². The van der Waals surface area contributed by atoms with Crippen LogP contribution in [0.2, 0.25) is 0 Å². The molecular weight excluding hydrogens is 374 g/mol. The first kappa shape index (κ1) is 18.4. The quantitative estimate of drug-likeness (QED) is 0.449. The third kappa shape index (κ3) is 3.43. The van der Waals surface area contributed by atoms with E-state index in [0.29, 0.717) is 12.4 Å². The Hall–Kier alpha value is -3.60. The van der Waals surface area contributed by atoms with Crippen molar-refractivity contribution in [3.05, 3.63) is 84.3 Å². The van der Waals surface area contributed by atoms with Crippen LogP contribution in [-0.2, 0) is 0 Å². The van der Waals surface area contributed by atoms with Crippen LogP contribution in [0, 0.1) is 6.92 Å². The Morgan fingerprint density at radius 2 is 1.87 bits per heavy atom. The number of aromatic nitrogens is 1. The zero-order valence-corrected chi connectivity index (χ0v) is 16.8. The Bertz CT molecular complexity index is 1200. The molecule has 30 heavy (non-hydrogen) atoms. The van der Waals surface area contributed by atoms with Crippen molar-refractivity contribution in [1.29, 1.82) is 0 Å². The second kappa shape index (κ2) is 7.67. The molecule has 0 radical (unpaired) electrons. The lowest BCUT2D eigenvalue weighted by molar-refractivity contribution is 0.199. The van der Waals surface area contributed by atoms with E-state index in [1.54, 1.807) is 0 Å². The molecule has 4 aromatic rings. The summed E-state index contributed by atoms with van der Waals surface area (Å²) >= 11 is 0. The van der Waals surface area contributed by atoms with E-state index in [0.717, 1.165) is 35.2 Å². The van der Waals surface area contributed by atoms with Crippen molar-refractivity contribution in [3.8, 4) is 11.1 Å². The van der Waals surface area contributed by atoms with Gasteiger partial charge in [-0.2, -0.15) is 0 Å². The SMILES string of the molecule is Cc1ccccc1-c1ccc2oc([C@@H]3CCCN3C(=O)Nc3ccccc3)nc2c1. The van der Waals surface area contributed by atoms with Crippen molar-refractivity contribution in [3.63, 3.8) is 0 Å². The highest BCUT2D eigenvalue weighted by atomic mass is 16.4. The standard InChI is InChI=1S/C25H23N3O2/c1-17-8-5-6-11-20(17)18-13-14-23-21(16-18)27-24(30-23)22-12-7-15-28(22)25(29)26-19-9-3-2-4-10-19/h2-6,8-11,13-14,16,22H,7,12,15H2,1H3,(H,26,29)/t22-/m0/s1. The molecule has 1 aliphatic rings. The van der Waals surface area contributed by atoms with Crippen LogP contribution in [0.15, 0.2) is 77.2 Å². The van der Waals surface area contributed by atoms with Gasteiger partial charge in [0.25, 0.3) is 0 Å². The molecule has 0 saturated carbocycles. The minimum Gasteiger partial charge on any atom is -0.438 e. The third-order valence-corrected chi connectivity index (χ3v) is 5.68. The second-order valence-electron chi connectivity index (χ2n) is 7.70. The van der Waals surface area contributed by atoms with Gasteiger partial charge in [-0.1, -0.05) is 48.5 Å². The van der Waals surface area contributed by atoms with Gasteiger partial charge in [-0.15, -0.1) is 0 Å². The van der Waals surface area contributed by atoms with Crippen LogP contribution in [0.25, 0.3) is 22.2 Å². The lowest BCUT2D eigenvalue weighted by atomic mass is 10.0. The Kier molecular flexibility index (Phi) is 4.71. The van der Waals surface area contributed by atoms with Gasteiger partial charge in [-0.05, 0) is 60.7 Å². The summed E-state index contributed by atoms with van der Waals surface area (Å²) in [5.41, 5.74) is 5.88. The Morgan fingerprint density at radius 1 is 1.07 bits per heavy atom. The predicted molar refractivity (Wildman–Crippen MR) is 118 cm³/mol. The molecule has 2 heterocycles. The molecule has 5 rings (SSSR count). The summed E-state index contributed by atoms with van der Waals surface area (Å²) in [5, 5.41) is 2.97. The minimum atomic E-state index is -0.150. The number of para-hydroxylation sites is 1. The van der Waals surface area contributed by atoms with E-state index in [4.69, 9.17) is 9.40 Å². The molecule has 1 atom stereocenters. The molecule has 1 N–H and O–H groups in total. The zero-order chi connectivity index (χ0) is 20.5. The highest BCUT2D eigenvalue weighted by Crippen LogP contribution is 2.35. The number of hydrogen-bond donors (Lipinski definition) is 1. The summed E-state index contributed by atoms with van der Waals surface area (Å²) in [7, 11) is 0. The number of urea groups is 1. The van der Waals surface area contributed by atoms with Gasteiger partial charge in [0.15, 0.2) is 5.58 Å². The van der Waals surface area contributed by atoms with Gasteiger partial charge < -0.3 is 14.6 Å². The number of nitrogens with one attached hydrogen (secondary N) is 1. The smallest absolute Gasteiger partial charge is 0.322 e. The number of hydrogen-bond acceptors (Lipinski definition) is 3. The molecule has 150 valence electrons. The topological polar surface area (TPSA) is 58.4 Å². The van der Waals surface area contributed by atoms with Crippen molar-refractivity contribution in [2.45, 2.75) is 25.8 Å². The number of rotatable bonds is 3. The van der Waals surface area contributed by atoms with Crippen LogP contribution in [-0.4, -0.2) is 22.5 Å². The average molecular weight is 397 g/mol. The number of carbonyl (C=O) groups is 1. The number of fused-ring (bicyclic) bond motifs is 1. The van der Waals surface area contributed by atoms with Crippen LogP contribution in [0.3, 0.4) is 0 Å². The number of likely N-dealkylation sites (tertiary alicyclic amines) is 1. The van der Waals surface area contributed by atoms with Crippen LogP contribution in [0.4, 0.5) is 10.5 Å². The van der Waals surface area contributed by atoms with Gasteiger partial charge in [0.05, 0.1) is 0 Å². The minimum absolute atomic E-state index is 0.119. The van der Waals surface area contributed by atoms with Gasteiger partial charge in [-0.25, -0.2) is 9.78 Å². The van der Waals surface area contributed by atoms with E-state index in [2.05, 4.69) is 36.5 Å². The summed E-state index contributed by atoms with van der Waals surface area (Å²) < 4.78 is 6.07. The van der Waals surface area contributed by atoms with Crippen LogP contribution >= 0.6 is 0 Å². The maximum absolute atomic E-state index is 12.8. The normalized spacial score (nSPS) is 16.2. The molecule has 0 aliphatic carbocycles. The summed E-state index contributed by atoms with van der Waals surface area (Å²) in [5.74, 6) is 0.604. The molecule has 5 nitrogen and oxygen atoms in total. The van der Waals surface area contributed by atoms with Crippen LogP contribution < -0.4 is 5.32 Å². The summed E-state index contributed by atoms with van der Waals surface area (Å²) in [6.07, 6.45) is 1.78. The molecule has 2 amide bonds. The molecular formula is C25H23N3O2. The van der Waals surface area contributed by atoms with Crippen molar-refractivity contribution in [1.82, 2.24) is 9.88 Å². The fraction of sp³-hybridized carbons (Fsp3) is 0.200. The van der Waals surface area contributed by atoms with E-state index >= 15 is 0 Å². The highest BCUT2D eigenvalue weighted by Gasteiger charge is 2.33. The van der Waals surface area contributed by atoms with E-state index < -0.39 is 0 Å². The van der Waals surface area contributed by atoms with Crippen molar-refractivity contribution < 1.29 is 9.21 Å². The van der Waals surface area contributed by atoms with Crippen LogP contribution in [0.5, 0.6) is 0 Å². The monoisotopic (exact) mass is 397 g/mol. The van der Waals surface area contributed by atoms with E-state index in [1.165, 1.54) is 11.1 Å². The third-order valence-electron chi connectivity index (χ3n) is 5.68. The molecule has 3 aromatic carbocycles. The van der Waals surface area contributed by atoms with Gasteiger partial charge in [0.1, 0.15) is 11.6 Å². The van der Waals surface area contributed by atoms with E-state index in [-0.39, 0.29) is 12.1 Å². The Balaban J connectivity index is 1.42. The second-order valence-corrected chi connectivity index (χ2v) is 7.70. The maximum Gasteiger partial charge on any atom is 0.322 e. The fourth-order valence-electron chi connectivity index (χ4n) is 4.14. The van der Waals surface area contributed by atoms with Crippen molar-refractivity contribution >= 4 is 22.8 Å². The van der Waals surface area contributed by atoms with Gasteiger partial charge >= 0.3 is 6.03 Å². The lowest BCUT2D eigenvalue weighted by Gasteiger charge is -2.22. The number of amides is 2. The summed E-state index contributed by atoms with van der Waals surface area (Å²) in [6, 6.07) is 23.6. The molecule has 0 unspecified atom stereocenters. The van der Waals surface area contributed by atoms with E-state index in [9.17, 15) is 4.79 Å². The van der Waals surface area contributed by atoms with E-state index in [1.807, 2.05) is 53.4 Å². The molecule has 0 bridgehead atoms. The van der Waals surface area contributed by atoms with Gasteiger partial charge in [0, 0.05) is 12.2 Å². The molecule has 1 aliphatic heterocycles. The molecule has 1 fully saturated rings. The number of oxazole rings is 1. The molecule has 1 aromatic heterocycles. The first-order valence-corrected chi connectivity index (χ1v) is 10.3. The first-order valence-electron chi connectivity index (χ1n) is 10.3. The molecule has 0 spiro atoms. The lowest BCUT2D eigenvalue weighted by Crippen LogP contribution is -2.34. The molecule has 1 saturated heterocycles. The zero-order valence-electron chi connectivity index (χ0n) is 16.8. The molecule has 5 heteroatoms. The fourth-order valence-corrected chi connectivity index (χ4v) is 4.14. The first-order chi connectivity index (χ1) is 14.7. The van der Waals surface area contributed by atoms with Crippen molar-refractivity contribution in [2.75, 3.05) is 11.9 Å². The number of carbonyl (C=O) groups excluding carboxylic acids is 1. The van der Waals surface area contributed by atoms with Crippen molar-refractivity contribution in [2.24, 2.45) is 0 Å². The number of aryl methyl sites for hydroxylation is 1.